The molecule has 2 aromatic rings. The first-order chi connectivity index (χ1) is 12.6. The maximum Gasteiger partial charge on any atom is 0.233 e. The van der Waals surface area contributed by atoms with Crippen LogP contribution in [0.5, 0.6) is 0 Å². The Morgan fingerprint density at radius 3 is 1.67 bits per heavy atom. The van der Waals surface area contributed by atoms with Gasteiger partial charge in [-0.15, -0.1) is 0 Å². The summed E-state index contributed by atoms with van der Waals surface area (Å²) in [5.74, 6) is -3.17. The van der Waals surface area contributed by atoms with Gasteiger partial charge in [0.1, 0.15) is 29.4 Å². The molecule has 0 saturated carbocycles. The number of aliphatic hydroxyl groups excluding tert-OH is 1. The Kier molecular flexibility index (Phi) is 8.27. The van der Waals surface area contributed by atoms with Crippen molar-refractivity contribution in [2.24, 2.45) is 0 Å². The molecule has 11 heteroatoms. The van der Waals surface area contributed by atoms with Crippen LogP contribution in [0.25, 0.3) is 0 Å². The van der Waals surface area contributed by atoms with Crippen LogP contribution >= 0.6 is 0 Å². The van der Waals surface area contributed by atoms with E-state index in [1.807, 2.05) is 0 Å². The van der Waals surface area contributed by atoms with Crippen molar-refractivity contribution in [3.05, 3.63) is 91.0 Å². The summed E-state index contributed by atoms with van der Waals surface area (Å²) in [6.07, 6.45) is -1.45. The molecular formula is C16H14F4N2O5. The third-order valence-corrected chi connectivity index (χ3v) is 3.10. The summed E-state index contributed by atoms with van der Waals surface area (Å²) in [7, 11) is 0. The van der Waals surface area contributed by atoms with Crippen LogP contribution in [0.3, 0.4) is 0 Å². The van der Waals surface area contributed by atoms with E-state index in [4.69, 9.17) is 5.11 Å². The molecule has 7 nitrogen and oxygen atoms in total. The highest BCUT2D eigenvalue weighted by atomic mass is 19.1. The predicted octanol–water partition coefficient (Wildman–Crippen LogP) is 3.06. The largest absolute Gasteiger partial charge is 0.382 e. The molecule has 0 saturated heterocycles. The number of nitro groups is 2. The number of hydrogen-bond acceptors (Lipinski definition) is 5. The number of hydrogen-bond donors (Lipinski definition) is 1. The summed E-state index contributed by atoms with van der Waals surface area (Å²) in [5.41, 5.74) is 0.161. The Morgan fingerprint density at radius 2 is 1.26 bits per heavy atom. The SMILES string of the molecule is O=[N+]([O-])CC(O)c1cc(F)cc(F)c1.O=[N+]([O-])CCc1cc(F)cc(F)c1. The zero-order valence-electron chi connectivity index (χ0n) is 13.6. The van der Waals surface area contributed by atoms with Crippen molar-refractivity contribution in [3.8, 4) is 0 Å². The summed E-state index contributed by atoms with van der Waals surface area (Å²) in [4.78, 5) is 18.7. The summed E-state index contributed by atoms with van der Waals surface area (Å²) in [6, 6.07) is 5.26. The lowest BCUT2D eigenvalue weighted by Gasteiger charge is -2.06. The van der Waals surface area contributed by atoms with Crippen molar-refractivity contribution in [3.63, 3.8) is 0 Å². The molecule has 0 aromatic heterocycles. The molecule has 2 rings (SSSR count). The van der Waals surface area contributed by atoms with E-state index >= 15 is 0 Å². The highest BCUT2D eigenvalue weighted by Crippen LogP contribution is 2.16. The average molecular weight is 390 g/mol. The van der Waals surface area contributed by atoms with Crippen LogP contribution < -0.4 is 0 Å². The molecule has 0 radical (unpaired) electrons. The molecule has 0 aliphatic rings. The van der Waals surface area contributed by atoms with E-state index in [1.165, 1.54) is 0 Å². The van der Waals surface area contributed by atoms with Gasteiger partial charge in [-0.1, -0.05) is 0 Å². The monoisotopic (exact) mass is 390 g/mol. The normalized spacial score (nSPS) is 11.3. The Labute approximate surface area is 150 Å². The molecule has 0 spiro atoms. The summed E-state index contributed by atoms with van der Waals surface area (Å²) < 4.78 is 50.3. The van der Waals surface area contributed by atoms with Gasteiger partial charge in [0.2, 0.25) is 13.1 Å². The van der Waals surface area contributed by atoms with Gasteiger partial charge in [0, 0.05) is 28.4 Å². The first-order valence-electron chi connectivity index (χ1n) is 7.39. The molecule has 1 unspecified atom stereocenters. The second kappa shape index (κ2) is 10.2. The number of nitrogens with zero attached hydrogens (tertiary/aromatic N) is 2. The average Bonchev–Trinajstić information content (AvgIpc) is 2.51. The topological polar surface area (TPSA) is 107 Å². The van der Waals surface area contributed by atoms with Crippen LogP contribution in [0.2, 0.25) is 0 Å². The second-order valence-corrected chi connectivity index (χ2v) is 5.32. The maximum atomic E-state index is 12.6. The van der Waals surface area contributed by atoms with Crippen LogP contribution in [-0.2, 0) is 6.42 Å². The van der Waals surface area contributed by atoms with E-state index in [-0.39, 0.29) is 18.5 Å². The first-order valence-corrected chi connectivity index (χ1v) is 7.39. The minimum atomic E-state index is -1.49. The maximum absolute atomic E-state index is 12.6. The molecule has 2 aromatic carbocycles. The molecule has 1 N–H and O–H groups in total. The van der Waals surface area contributed by atoms with Gasteiger partial charge in [-0.05, 0) is 35.4 Å². The molecule has 146 valence electrons. The second-order valence-electron chi connectivity index (χ2n) is 5.32. The molecule has 0 aliphatic carbocycles. The molecule has 0 bridgehead atoms. The standard InChI is InChI=1S/C8H7F2NO3.C8H7F2NO2/c9-6-1-5(2-7(10)3-6)8(12)4-11(13)14;9-7-3-6(1-2-11(12)13)4-8(10)5-7/h1-3,8,12H,4H2;3-5H,1-2H2. The molecule has 27 heavy (non-hydrogen) atoms. The van der Waals surface area contributed by atoms with E-state index in [0.29, 0.717) is 11.6 Å². The van der Waals surface area contributed by atoms with Gasteiger partial charge < -0.3 is 5.11 Å². The van der Waals surface area contributed by atoms with Gasteiger partial charge in [0.15, 0.2) is 0 Å². The van der Waals surface area contributed by atoms with Gasteiger partial charge in [-0.25, -0.2) is 17.6 Å². The van der Waals surface area contributed by atoms with Crippen LogP contribution in [-0.4, -0.2) is 28.0 Å². The Balaban J connectivity index is 0.000000271. The summed E-state index contributed by atoms with van der Waals surface area (Å²) >= 11 is 0. The zero-order valence-corrected chi connectivity index (χ0v) is 13.6. The van der Waals surface area contributed by atoms with Gasteiger partial charge in [-0.3, -0.25) is 20.2 Å². The van der Waals surface area contributed by atoms with Crippen molar-refractivity contribution >= 4 is 0 Å². The van der Waals surface area contributed by atoms with Crippen LogP contribution in [0, 0.1) is 43.5 Å². The van der Waals surface area contributed by atoms with Crippen molar-refractivity contribution < 1.29 is 32.5 Å². The Hall–Kier alpha value is -3.08. The number of aliphatic hydroxyl groups is 1. The van der Waals surface area contributed by atoms with Crippen molar-refractivity contribution in [2.45, 2.75) is 12.5 Å². The number of benzene rings is 2. The zero-order chi connectivity index (χ0) is 20.6. The third kappa shape index (κ3) is 8.72. The first kappa shape index (κ1) is 22.0. The van der Waals surface area contributed by atoms with E-state index < -0.39 is 45.8 Å². The molecule has 0 heterocycles. The molecule has 0 amide bonds. The fourth-order valence-corrected chi connectivity index (χ4v) is 1.99. The lowest BCUT2D eigenvalue weighted by atomic mass is 10.1. The molecule has 0 aliphatic heterocycles. The van der Waals surface area contributed by atoms with Gasteiger partial charge >= 0.3 is 0 Å². The van der Waals surface area contributed by atoms with Crippen molar-refractivity contribution in [1.82, 2.24) is 0 Å². The van der Waals surface area contributed by atoms with Gasteiger partial charge in [-0.2, -0.15) is 0 Å². The van der Waals surface area contributed by atoms with Crippen molar-refractivity contribution in [1.29, 1.82) is 0 Å². The van der Waals surface area contributed by atoms with E-state index in [0.717, 1.165) is 30.3 Å². The van der Waals surface area contributed by atoms with E-state index in [2.05, 4.69) is 0 Å². The summed E-state index contributed by atoms with van der Waals surface area (Å²) in [6.45, 7) is -1.09. The minimum Gasteiger partial charge on any atom is -0.382 e. The highest BCUT2D eigenvalue weighted by Gasteiger charge is 2.15. The molecule has 1 atom stereocenters. The van der Waals surface area contributed by atoms with Crippen LogP contribution in [0.1, 0.15) is 17.2 Å². The quantitative estimate of drug-likeness (QED) is 0.464. The van der Waals surface area contributed by atoms with Crippen LogP contribution in [0.4, 0.5) is 17.6 Å². The number of rotatable bonds is 6. The van der Waals surface area contributed by atoms with Gasteiger partial charge in [0.25, 0.3) is 0 Å². The summed E-state index contributed by atoms with van der Waals surface area (Å²) in [5, 5.41) is 29.1. The fourth-order valence-electron chi connectivity index (χ4n) is 1.99. The lowest BCUT2D eigenvalue weighted by molar-refractivity contribution is -0.491. The predicted molar refractivity (Wildman–Crippen MR) is 85.1 cm³/mol. The van der Waals surface area contributed by atoms with E-state index in [9.17, 15) is 37.8 Å². The van der Waals surface area contributed by atoms with Crippen LogP contribution in [0.15, 0.2) is 36.4 Å². The minimum absolute atomic E-state index is 0.0433. The number of halogens is 4. The Bertz CT molecular complexity index is 779. The molecule has 0 fully saturated rings. The van der Waals surface area contributed by atoms with E-state index in [1.54, 1.807) is 0 Å². The van der Waals surface area contributed by atoms with Crippen molar-refractivity contribution in [2.75, 3.05) is 13.1 Å². The third-order valence-electron chi connectivity index (χ3n) is 3.10. The Morgan fingerprint density at radius 1 is 0.815 bits per heavy atom. The highest BCUT2D eigenvalue weighted by molar-refractivity contribution is 5.20. The lowest BCUT2D eigenvalue weighted by Crippen LogP contribution is -2.12. The smallest absolute Gasteiger partial charge is 0.233 e. The fraction of sp³-hybridized carbons (Fsp3) is 0.250. The van der Waals surface area contributed by atoms with Gasteiger partial charge in [0.05, 0.1) is 0 Å². The molecular weight excluding hydrogens is 376 g/mol.